The van der Waals surface area contributed by atoms with E-state index < -0.39 is 12.0 Å². The standard InChI is InChI=1S/C12H14BrNO3/c1-8-6-9(13)2-3-10(8)14-4-5-17-7-11(14)12(15)16/h2-3,6,11H,4-5,7H2,1H3,(H,15,16). The van der Waals surface area contributed by atoms with Crippen LogP contribution in [0.2, 0.25) is 0 Å². The summed E-state index contributed by atoms with van der Waals surface area (Å²) in [6, 6.07) is 5.27. The molecule has 1 aromatic rings. The van der Waals surface area contributed by atoms with Crippen molar-refractivity contribution in [3.63, 3.8) is 0 Å². The van der Waals surface area contributed by atoms with E-state index in [0.29, 0.717) is 13.2 Å². The first kappa shape index (κ1) is 12.4. The van der Waals surface area contributed by atoms with Gasteiger partial charge in [-0.2, -0.15) is 0 Å². The summed E-state index contributed by atoms with van der Waals surface area (Å²) in [6.07, 6.45) is 0. The highest BCUT2D eigenvalue weighted by Gasteiger charge is 2.30. The minimum atomic E-state index is -0.841. The van der Waals surface area contributed by atoms with Crippen LogP contribution in [0.1, 0.15) is 5.56 Å². The molecule has 92 valence electrons. The Morgan fingerprint density at radius 1 is 1.59 bits per heavy atom. The molecule has 0 bridgehead atoms. The molecule has 0 radical (unpaired) electrons. The van der Waals surface area contributed by atoms with Gasteiger partial charge < -0.3 is 14.7 Å². The Bertz CT molecular complexity index is 436. The van der Waals surface area contributed by atoms with Crippen molar-refractivity contribution in [3.05, 3.63) is 28.2 Å². The molecule has 2 rings (SSSR count). The Kier molecular flexibility index (Phi) is 3.69. The summed E-state index contributed by atoms with van der Waals surface area (Å²) in [5.74, 6) is -0.841. The number of nitrogens with zero attached hydrogens (tertiary/aromatic N) is 1. The molecule has 1 saturated heterocycles. The quantitative estimate of drug-likeness (QED) is 0.908. The van der Waals surface area contributed by atoms with Crippen LogP contribution in [0.15, 0.2) is 22.7 Å². The van der Waals surface area contributed by atoms with Crippen LogP contribution in [0.4, 0.5) is 5.69 Å². The lowest BCUT2D eigenvalue weighted by Gasteiger charge is -2.35. The molecule has 1 fully saturated rings. The number of benzene rings is 1. The van der Waals surface area contributed by atoms with Gasteiger partial charge in [-0.3, -0.25) is 0 Å². The van der Waals surface area contributed by atoms with E-state index in [9.17, 15) is 9.90 Å². The minimum Gasteiger partial charge on any atom is -0.480 e. The lowest BCUT2D eigenvalue weighted by atomic mass is 10.1. The predicted octanol–water partition coefficient (Wildman–Crippen LogP) is 2.05. The van der Waals surface area contributed by atoms with Crippen LogP contribution in [0, 0.1) is 6.92 Å². The predicted molar refractivity (Wildman–Crippen MR) is 68.5 cm³/mol. The Morgan fingerprint density at radius 2 is 2.35 bits per heavy atom. The van der Waals surface area contributed by atoms with Crippen molar-refractivity contribution in [1.82, 2.24) is 0 Å². The molecule has 1 unspecified atom stereocenters. The van der Waals surface area contributed by atoms with Gasteiger partial charge in [-0.05, 0) is 30.7 Å². The summed E-state index contributed by atoms with van der Waals surface area (Å²) >= 11 is 3.40. The number of carbonyl (C=O) groups is 1. The molecule has 1 aliphatic heterocycles. The Hall–Kier alpha value is -1.07. The van der Waals surface area contributed by atoms with Crippen molar-refractivity contribution in [2.45, 2.75) is 13.0 Å². The van der Waals surface area contributed by atoms with Gasteiger partial charge in [0.1, 0.15) is 0 Å². The molecule has 0 spiro atoms. The molecular formula is C12H14BrNO3. The van der Waals surface area contributed by atoms with E-state index in [2.05, 4.69) is 15.9 Å². The fourth-order valence-electron chi connectivity index (χ4n) is 2.04. The van der Waals surface area contributed by atoms with E-state index in [1.807, 2.05) is 30.0 Å². The van der Waals surface area contributed by atoms with Gasteiger partial charge in [0.15, 0.2) is 6.04 Å². The van der Waals surface area contributed by atoms with Crippen LogP contribution < -0.4 is 4.90 Å². The summed E-state index contributed by atoms with van der Waals surface area (Å²) in [5, 5.41) is 9.18. The first-order valence-electron chi connectivity index (χ1n) is 5.43. The number of hydrogen-bond acceptors (Lipinski definition) is 3. The molecule has 0 aromatic heterocycles. The number of aryl methyl sites for hydroxylation is 1. The summed E-state index contributed by atoms with van der Waals surface area (Å²) in [5.41, 5.74) is 2.02. The van der Waals surface area contributed by atoms with Crippen molar-refractivity contribution in [2.24, 2.45) is 0 Å². The maximum atomic E-state index is 11.2. The van der Waals surface area contributed by atoms with Crippen LogP contribution in [0.5, 0.6) is 0 Å². The second kappa shape index (κ2) is 5.06. The van der Waals surface area contributed by atoms with Gasteiger partial charge in [0.25, 0.3) is 0 Å². The monoisotopic (exact) mass is 299 g/mol. The van der Waals surface area contributed by atoms with Crippen LogP contribution >= 0.6 is 15.9 Å². The van der Waals surface area contributed by atoms with E-state index in [1.165, 1.54) is 0 Å². The lowest BCUT2D eigenvalue weighted by molar-refractivity contribution is -0.141. The summed E-state index contributed by atoms with van der Waals surface area (Å²) in [6.45, 7) is 3.40. The average molecular weight is 300 g/mol. The number of rotatable bonds is 2. The van der Waals surface area contributed by atoms with Gasteiger partial charge in [-0.1, -0.05) is 15.9 Å². The number of ether oxygens (including phenoxy) is 1. The van der Waals surface area contributed by atoms with Gasteiger partial charge in [0.05, 0.1) is 13.2 Å². The average Bonchev–Trinajstić information content (AvgIpc) is 2.29. The maximum Gasteiger partial charge on any atom is 0.328 e. The molecule has 4 nitrogen and oxygen atoms in total. The fourth-order valence-corrected chi connectivity index (χ4v) is 2.51. The number of carboxylic acid groups (broad SMARTS) is 1. The molecule has 17 heavy (non-hydrogen) atoms. The number of anilines is 1. The van der Waals surface area contributed by atoms with Crippen LogP contribution in [-0.2, 0) is 9.53 Å². The SMILES string of the molecule is Cc1cc(Br)ccc1N1CCOCC1C(=O)O. The lowest BCUT2D eigenvalue weighted by Crippen LogP contribution is -2.50. The van der Waals surface area contributed by atoms with Crippen molar-refractivity contribution >= 4 is 27.6 Å². The number of hydrogen-bond donors (Lipinski definition) is 1. The van der Waals surface area contributed by atoms with Crippen molar-refractivity contribution < 1.29 is 14.6 Å². The first-order chi connectivity index (χ1) is 8.09. The minimum absolute atomic E-state index is 0.241. The number of carboxylic acids is 1. The topological polar surface area (TPSA) is 49.8 Å². The summed E-state index contributed by atoms with van der Waals surface area (Å²) < 4.78 is 6.23. The highest BCUT2D eigenvalue weighted by molar-refractivity contribution is 9.10. The molecular weight excluding hydrogens is 286 g/mol. The number of halogens is 1. The van der Waals surface area contributed by atoms with E-state index in [4.69, 9.17) is 4.74 Å². The summed E-state index contributed by atoms with van der Waals surface area (Å²) in [7, 11) is 0. The molecule has 0 aliphatic carbocycles. The molecule has 0 amide bonds. The van der Waals surface area contributed by atoms with E-state index in [0.717, 1.165) is 15.7 Å². The second-order valence-electron chi connectivity index (χ2n) is 4.05. The summed E-state index contributed by atoms with van der Waals surface area (Å²) in [4.78, 5) is 13.1. The van der Waals surface area contributed by atoms with E-state index in [-0.39, 0.29) is 6.61 Å². The molecule has 1 heterocycles. The van der Waals surface area contributed by atoms with Gasteiger partial charge in [-0.25, -0.2) is 4.79 Å². The highest BCUT2D eigenvalue weighted by atomic mass is 79.9. The third-order valence-electron chi connectivity index (χ3n) is 2.88. The zero-order valence-electron chi connectivity index (χ0n) is 9.52. The largest absolute Gasteiger partial charge is 0.480 e. The van der Waals surface area contributed by atoms with E-state index in [1.54, 1.807) is 0 Å². The van der Waals surface area contributed by atoms with Crippen LogP contribution in [0.3, 0.4) is 0 Å². The zero-order chi connectivity index (χ0) is 12.4. The Balaban J connectivity index is 2.32. The third kappa shape index (κ3) is 2.61. The fraction of sp³-hybridized carbons (Fsp3) is 0.417. The number of morpholine rings is 1. The Morgan fingerprint density at radius 3 is 3.00 bits per heavy atom. The van der Waals surface area contributed by atoms with Crippen molar-refractivity contribution in [3.8, 4) is 0 Å². The normalized spacial score (nSPS) is 20.4. The first-order valence-corrected chi connectivity index (χ1v) is 6.22. The van der Waals surface area contributed by atoms with Gasteiger partial charge in [0, 0.05) is 16.7 Å². The highest BCUT2D eigenvalue weighted by Crippen LogP contribution is 2.26. The molecule has 1 atom stereocenters. The third-order valence-corrected chi connectivity index (χ3v) is 3.38. The molecule has 5 heteroatoms. The van der Waals surface area contributed by atoms with Crippen molar-refractivity contribution in [2.75, 3.05) is 24.7 Å². The Labute approximate surface area is 108 Å². The number of aliphatic carboxylic acids is 1. The molecule has 1 aliphatic rings. The maximum absolute atomic E-state index is 11.2. The molecule has 0 saturated carbocycles. The van der Waals surface area contributed by atoms with Gasteiger partial charge in [-0.15, -0.1) is 0 Å². The molecule has 1 N–H and O–H groups in total. The van der Waals surface area contributed by atoms with Crippen LogP contribution in [0.25, 0.3) is 0 Å². The van der Waals surface area contributed by atoms with Gasteiger partial charge >= 0.3 is 5.97 Å². The van der Waals surface area contributed by atoms with Gasteiger partial charge in [0.2, 0.25) is 0 Å². The van der Waals surface area contributed by atoms with Crippen molar-refractivity contribution in [1.29, 1.82) is 0 Å². The molecule has 1 aromatic carbocycles. The van der Waals surface area contributed by atoms with E-state index >= 15 is 0 Å². The zero-order valence-corrected chi connectivity index (χ0v) is 11.1. The smallest absolute Gasteiger partial charge is 0.328 e. The second-order valence-corrected chi connectivity index (χ2v) is 4.97. The van der Waals surface area contributed by atoms with Crippen LogP contribution in [-0.4, -0.2) is 36.9 Å².